The fourth-order valence-electron chi connectivity index (χ4n) is 1.62. The van der Waals surface area contributed by atoms with Gasteiger partial charge in [0.25, 0.3) is 0 Å². The van der Waals surface area contributed by atoms with E-state index in [4.69, 9.17) is 0 Å². The Morgan fingerprint density at radius 2 is 1.44 bits per heavy atom. The quantitative estimate of drug-likeness (QED) is 0.757. The van der Waals surface area contributed by atoms with E-state index >= 15 is 0 Å². The Balaban J connectivity index is 2.29. The Hall–Kier alpha value is -2.16. The largest absolute Gasteiger partial charge is 0.508 e. The molecule has 0 amide bonds. The third kappa shape index (κ3) is 2.56. The average Bonchev–Trinajstić information content (AvgIpc) is 2.37. The van der Waals surface area contributed by atoms with Gasteiger partial charge in [-0.3, -0.25) is 0 Å². The molecule has 3 heteroatoms. The van der Waals surface area contributed by atoms with Gasteiger partial charge in [0.2, 0.25) is 0 Å². The number of aryl methyl sites for hydroxylation is 1. The molecule has 0 saturated heterocycles. The average molecular weight is 240 g/mol. The zero-order chi connectivity index (χ0) is 13.1. The SMILES string of the molecule is Cc1ccc(N=Nc2ccc(O)c(C)c2C)cc1. The predicted octanol–water partition coefficient (Wildman–Crippen LogP) is 4.73. The van der Waals surface area contributed by atoms with Gasteiger partial charge in [-0.1, -0.05) is 17.7 Å². The normalized spacial score (nSPS) is 11.1. The topological polar surface area (TPSA) is 45.0 Å². The van der Waals surface area contributed by atoms with E-state index in [1.54, 1.807) is 12.1 Å². The minimum Gasteiger partial charge on any atom is -0.508 e. The van der Waals surface area contributed by atoms with E-state index in [0.29, 0.717) is 5.75 Å². The minimum atomic E-state index is 0.293. The van der Waals surface area contributed by atoms with Gasteiger partial charge < -0.3 is 5.11 Å². The summed E-state index contributed by atoms with van der Waals surface area (Å²) in [5.41, 5.74) is 4.60. The van der Waals surface area contributed by atoms with Crippen molar-refractivity contribution in [1.82, 2.24) is 0 Å². The van der Waals surface area contributed by atoms with Crippen molar-refractivity contribution in [3.8, 4) is 5.75 Å². The highest BCUT2D eigenvalue weighted by molar-refractivity contribution is 5.54. The summed E-state index contributed by atoms with van der Waals surface area (Å²) in [5.74, 6) is 0.293. The van der Waals surface area contributed by atoms with E-state index in [-0.39, 0.29) is 0 Å². The summed E-state index contributed by atoms with van der Waals surface area (Å²) >= 11 is 0. The van der Waals surface area contributed by atoms with Crippen LogP contribution in [-0.4, -0.2) is 5.11 Å². The van der Waals surface area contributed by atoms with Gasteiger partial charge in [-0.25, -0.2) is 0 Å². The number of hydrogen-bond donors (Lipinski definition) is 1. The summed E-state index contributed by atoms with van der Waals surface area (Å²) in [6, 6.07) is 11.3. The number of rotatable bonds is 2. The van der Waals surface area contributed by atoms with Gasteiger partial charge in [-0.2, -0.15) is 10.2 Å². The molecule has 0 saturated carbocycles. The van der Waals surface area contributed by atoms with E-state index in [9.17, 15) is 5.11 Å². The van der Waals surface area contributed by atoms with Gasteiger partial charge >= 0.3 is 0 Å². The van der Waals surface area contributed by atoms with E-state index in [0.717, 1.165) is 22.5 Å². The number of phenolic OH excluding ortho intramolecular Hbond substituents is 1. The van der Waals surface area contributed by atoms with Crippen molar-refractivity contribution in [1.29, 1.82) is 0 Å². The van der Waals surface area contributed by atoms with Crippen LogP contribution in [0, 0.1) is 20.8 Å². The van der Waals surface area contributed by atoms with Crippen LogP contribution in [0.2, 0.25) is 0 Å². The summed E-state index contributed by atoms with van der Waals surface area (Å²) < 4.78 is 0. The van der Waals surface area contributed by atoms with Crippen LogP contribution in [0.5, 0.6) is 5.75 Å². The van der Waals surface area contributed by atoms with Crippen LogP contribution in [0.15, 0.2) is 46.6 Å². The fraction of sp³-hybridized carbons (Fsp3) is 0.200. The smallest absolute Gasteiger partial charge is 0.118 e. The molecule has 0 bridgehead atoms. The molecule has 2 aromatic carbocycles. The third-order valence-corrected chi connectivity index (χ3v) is 3.04. The highest BCUT2D eigenvalue weighted by Gasteiger charge is 2.04. The van der Waals surface area contributed by atoms with Crippen LogP contribution in [0.1, 0.15) is 16.7 Å². The standard InChI is InChI=1S/C15H16N2O/c1-10-4-6-13(7-5-10)16-17-14-8-9-15(18)12(3)11(14)2/h4-9,18H,1-3H3. The zero-order valence-corrected chi connectivity index (χ0v) is 10.8. The van der Waals surface area contributed by atoms with Gasteiger partial charge in [-0.05, 0) is 56.2 Å². The van der Waals surface area contributed by atoms with Crippen LogP contribution in [0.4, 0.5) is 11.4 Å². The molecule has 3 nitrogen and oxygen atoms in total. The van der Waals surface area contributed by atoms with Gasteiger partial charge in [0.1, 0.15) is 5.75 Å². The van der Waals surface area contributed by atoms with Crippen molar-refractivity contribution in [3.63, 3.8) is 0 Å². The highest BCUT2D eigenvalue weighted by atomic mass is 16.3. The minimum absolute atomic E-state index is 0.293. The lowest BCUT2D eigenvalue weighted by Crippen LogP contribution is -1.81. The summed E-state index contributed by atoms with van der Waals surface area (Å²) in [6.45, 7) is 5.84. The number of nitrogens with zero attached hydrogens (tertiary/aromatic N) is 2. The van der Waals surface area contributed by atoms with Crippen molar-refractivity contribution in [3.05, 3.63) is 53.1 Å². The Bertz CT molecular complexity index is 586. The van der Waals surface area contributed by atoms with Crippen molar-refractivity contribution in [2.45, 2.75) is 20.8 Å². The maximum atomic E-state index is 9.57. The van der Waals surface area contributed by atoms with Gasteiger partial charge in [0.05, 0.1) is 11.4 Å². The summed E-state index contributed by atoms with van der Waals surface area (Å²) in [4.78, 5) is 0. The molecular weight excluding hydrogens is 224 g/mol. The second-order valence-electron chi connectivity index (χ2n) is 4.39. The van der Waals surface area contributed by atoms with Gasteiger partial charge in [0.15, 0.2) is 0 Å². The van der Waals surface area contributed by atoms with Crippen LogP contribution >= 0.6 is 0 Å². The van der Waals surface area contributed by atoms with E-state index in [1.165, 1.54) is 5.56 Å². The van der Waals surface area contributed by atoms with Crippen LogP contribution in [0.3, 0.4) is 0 Å². The first kappa shape index (κ1) is 12.3. The van der Waals surface area contributed by atoms with Crippen LogP contribution < -0.4 is 0 Å². The van der Waals surface area contributed by atoms with E-state index in [1.807, 2.05) is 45.0 Å². The molecule has 0 atom stereocenters. The molecule has 0 fully saturated rings. The molecule has 2 aromatic rings. The second-order valence-corrected chi connectivity index (χ2v) is 4.39. The number of azo groups is 1. The maximum Gasteiger partial charge on any atom is 0.118 e. The molecule has 0 aliphatic carbocycles. The molecule has 0 aliphatic rings. The van der Waals surface area contributed by atoms with E-state index in [2.05, 4.69) is 10.2 Å². The van der Waals surface area contributed by atoms with Crippen molar-refractivity contribution in [2.24, 2.45) is 10.2 Å². The Labute approximate surface area is 107 Å². The molecule has 0 unspecified atom stereocenters. The molecule has 0 radical (unpaired) electrons. The Kier molecular flexibility index (Phi) is 3.42. The third-order valence-electron chi connectivity index (χ3n) is 3.04. The molecule has 0 aliphatic heterocycles. The lowest BCUT2D eigenvalue weighted by Gasteiger charge is -2.05. The highest BCUT2D eigenvalue weighted by Crippen LogP contribution is 2.29. The van der Waals surface area contributed by atoms with Crippen LogP contribution in [0.25, 0.3) is 0 Å². The molecule has 0 spiro atoms. The molecule has 18 heavy (non-hydrogen) atoms. The monoisotopic (exact) mass is 240 g/mol. The zero-order valence-electron chi connectivity index (χ0n) is 10.8. The summed E-state index contributed by atoms with van der Waals surface area (Å²) in [6.07, 6.45) is 0. The first-order valence-corrected chi connectivity index (χ1v) is 5.85. The number of benzene rings is 2. The first-order valence-electron chi connectivity index (χ1n) is 5.85. The van der Waals surface area contributed by atoms with Gasteiger partial charge in [-0.15, -0.1) is 0 Å². The molecule has 0 aromatic heterocycles. The van der Waals surface area contributed by atoms with Crippen molar-refractivity contribution in [2.75, 3.05) is 0 Å². The van der Waals surface area contributed by atoms with Crippen molar-refractivity contribution < 1.29 is 5.11 Å². The lowest BCUT2D eigenvalue weighted by molar-refractivity contribution is 0.470. The van der Waals surface area contributed by atoms with Gasteiger partial charge in [0, 0.05) is 0 Å². The first-order chi connectivity index (χ1) is 8.58. The molecular formula is C15H16N2O. The molecule has 2 rings (SSSR count). The lowest BCUT2D eigenvalue weighted by atomic mass is 10.1. The number of phenols is 1. The molecule has 1 N–H and O–H groups in total. The fourth-order valence-corrected chi connectivity index (χ4v) is 1.62. The Morgan fingerprint density at radius 1 is 0.778 bits per heavy atom. The summed E-state index contributed by atoms with van der Waals surface area (Å²) in [5, 5.41) is 18.0. The number of hydrogen-bond acceptors (Lipinski definition) is 3. The maximum absolute atomic E-state index is 9.57. The van der Waals surface area contributed by atoms with Crippen molar-refractivity contribution >= 4 is 11.4 Å². The van der Waals surface area contributed by atoms with Crippen LogP contribution in [-0.2, 0) is 0 Å². The van der Waals surface area contributed by atoms with E-state index < -0.39 is 0 Å². The molecule has 92 valence electrons. The Morgan fingerprint density at radius 3 is 2.11 bits per heavy atom. The molecule has 0 heterocycles. The second kappa shape index (κ2) is 5.00. The summed E-state index contributed by atoms with van der Waals surface area (Å²) in [7, 11) is 0. The predicted molar refractivity (Wildman–Crippen MR) is 72.9 cm³/mol. The number of aromatic hydroxyl groups is 1.